The van der Waals surface area contributed by atoms with Crippen molar-refractivity contribution in [2.24, 2.45) is 7.05 Å². The fourth-order valence-electron chi connectivity index (χ4n) is 2.55. The Hall–Kier alpha value is -1.44. The molecule has 3 heterocycles. The summed E-state index contributed by atoms with van der Waals surface area (Å²) < 4.78 is 7.51. The summed E-state index contributed by atoms with van der Waals surface area (Å²) in [6, 6.07) is 3.87. The molecule has 0 aliphatic carbocycles. The van der Waals surface area contributed by atoms with Crippen molar-refractivity contribution in [3.8, 4) is 11.3 Å². The monoisotopic (exact) mass is 400 g/mol. The van der Waals surface area contributed by atoms with Crippen LogP contribution in [0, 0.1) is 0 Å². The molecule has 1 aliphatic heterocycles. The molecular weight excluding hydrogens is 384 g/mol. The zero-order valence-corrected chi connectivity index (χ0v) is 15.3. The van der Waals surface area contributed by atoms with Crippen molar-refractivity contribution in [2.45, 2.75) is 13.0 Å². The van der Waals surface area contributed by atoms with Gasteiger partial charge in [-0.15, -0.1) is 12.4 Å². The molecule has 1 saturated heterocycles. The summed E-state index contributed by atoms with van der Waals surface area (Å²) in [5.74, 6) is 0.663. The number of halogens is 2. The van der Waals surface area contributed by atoms with Crippen LogP contribution in [0.1, 0.15) is 6.92 Å². The molecule has 23 heavy (non-hydrogen) atoms. The maximum Gasteiger partial charge on any atom is 0.269 e. The summed E-state index contributed by atoms with van der Waals surface area (Å²) in [5, 5.41) is 0. The molecule has 0 N–H and O–H groups in total. The number of ether oxygens (including phenoxy) is 1. The number of rotatable bonds is 2. The van der Waals surface area contributed by atoms with Crippen LogP contribution in [0.5, 0.6) is 0 Å². The van der Waals surface area contributed by atoms with Gasteiger partial charge in [-0.1, -0.05) is 0 Å². The van der Waals surface area contributed by atoms with Crippen LogP contribution >= 0.6 is 28.3 Å². The highest BCUT2D eigenvalue weighted by molar-refractivity contribution is 9.10. The Kier molecular flexibility index (Phi) is 5.78. The maximum absolute atomic E-state index is 12.5. The first kappa shape index (κ1) is 17.9. The van der Waals surface area contributed by atoms with Gasteiger partial charge in [-0.05, 0) is 35.0 Å². The molecule has 1 aliphatic rings. The van der Waals surface area contributed by atoms with Gasteiger partial charge in [0.05, 0.1) is 24.9 Å². The van der Waals surface area contributed by atoms with Crippen molar-refractivity contribution >= 4 is 34.3 Å². The molecule has 1 fully saturated rings. The second-order valence-corrected chi connectivity index (χ2v) is 6.08. The molecule has 124 valence electrons. The van der Waals surface area contributed by atoms with Crippen molar-refractivity contribution in [1.82, 2.24) is 14.5 Å². The third-order valence-corrected chi connectivity index (χ3v) is 4.51. The van der Waals surface area contributed by atoms with Gasteiger partial charge in [-0.3, -0.25) is 14.3 Å². The van der Waals surface area contributed by atoms with Crippen LogP contribution in [0.15, 0.2) is 33.8 Å². The highest BCUT2D eigenvalue weighted by atomic mass is 79.9. The van der Waals surface area contributed by atoms with E-state index in [-0.39, 0.29) is 24.0 Å². The quantitative estimate of drug-likeness (QED) is 0.772. The zero-order valence-electron chi connectivity index (χ0n) is 12.9. The lowest BCUT2D eigenvalue weighted by molar-refractivity contribution is 0.0976. The summed E-state index contributed by atoms with van der Waals surface area (Å²) in [7, 11) is 1.74. The van der Waals surface area contributed by atoms with Gasteiger partial charge in [0.1, 0.15) is 4.47 Å². The minimum absolute atomic E-state index is 0. The Morgan fingerprint density at radius 2 is 2.04 bits per heavy atom. The van der Waals surface area contributed by atoms with Crippen LogP contribution in [0.25, 0.3) is 11.3 Å². The van der Waals surface area contributed by atoms with E-state index in [0.29, 0.717) is 29.3 Å². The topological polar surface area (TPSA) is 60.2 Å². The minimum Gasteiger partial charge on any atom is -0.377 e. The first-order valence-corrected chi connectivity index (χ1v) is 7.90. The fourth-order valence-corrected chi connectivity index (χ4v) is 3.13. The lowest BCUT2D eigenvalue weighted by atomic mass is 10.2. The molecule has 2 aromatic heterocycles. The van der Waals surface area contributed by atoms with E-state index in [1.165, 1.54) is 0 Å². The third kappa shape index (κ3) is 3.41. The maximum atomic E-state index is 12.5. The Bertz CT molecular complexity index is 738. The summed E-state index contributed by atoms with van der Waals surface area (Å²) in [5.41, 5.74) is 1.40. The van der Waals surface area contributed by atoms with Gasteiger partial charge >= 0.3 is 0 Å². The lowest BCUT2D eigenvalue weighted by Crippen LogP contribution is -2.46. The summed E-state index contributed by atoms with van der Waals surface area (Å²) in [4.78, 5) is 23.4. The average Bonchev–Trinajstić information content (AvgIpc) is 2.55. The molecular formula is C15H18BrClN4O2. The molecule has 2 aromatic rings. The molecule has 6 nitrogen and oxygen atoms in total. The summed E-state index contributed by atoms with van der Waals surface area (Å²) in [6.45, 7) is 4.07. The number of nitrogens with zero attached hydrogens (tertiary/aromatic N) is 4. The molecule has 1 atom stereocenters. The number of pyridine rings is 1. The van der Waals surface area contributed by atoms with E-state index in [9.17, 15) is 4.79 Å². The molecule has 8 heteroatoms. The molecule has 0 aromatic carbocycles. The standard InChI is InChI=1S/C15H17BrN4O2.ClH/c1-10-9-22-8-7-20(10)15-18-13(11-3-5-17-6-4-11)12(16)14(21)19(15)2;/h3-6,10H,7-9H2,1-2H3;1H/t10-;/m1./s1. The van der Waals surface area contributed by atoms with E-state index < -0.39 is 0 Å². The van der Waals surface area contributed by atoms with E-state index in [1.54, 1.807) is 24.0 Å². The zero-order chi connectivity index (χ0) is 15.7. The fraction of sp³-hybridized carbons (Fsp3) is 0.400. The van der Waals surface area contributed by atoms with Crippen molar-refractivity contribution in [3.63, 3.8) is 0 Å². The SMILES string of the molecule is C[C@@H]1COCCN1c1nc(-c2ccncc2)c(Br)c(=O)n1C.Cl. The number of anilines is 1. The summed E-state index contributed by atoms with van der Waals surface area (Å²) in [6.07, 6.45) is 3.38. The van der Waals surface area contributed by atoms with Crippen LogP contribution in [-0.2, 0) is 11.8 Å². The highest BCUT2D eigenvalue weighted by Crippen LogP contribution is 2.26. The Morgan fingerprint density at radius 3 is 2.70 bits per heavy atom. The molecule has 0 amide bonds. The lowest BCUT2D eigenvalue weighted by Gasteiger charge is -2.35. The van der Waals surface area contributed by atoms with Crippen molar-refractivity contribution in [2.75, 3.05) is 24.7 Å². The molecule has 0 spiro atoms. The van der Waals surface area contributed by atoms with Gasteiger partial charge in [0.2, 0.25) is 5.95 Å². The van der Waals surface area contributed by atoms with Gasteiger partial charge in [0.15, 0.2) is 0 Å². The van der Waals surface area contributed by atoms with Crippen LogP contribution in [0.3, 0.4) is 0 Å². The molecule has 0 radical (unpaired) electrons. The van der Waals surface area contributed by atoms with Crippen LogP contribution in [0.4, 0.5) is 5.95 Å². The number of hydrogen-bond donors (Lipinski definition) is 0. The Balaban J connectivity index is 0.00000192. The highest BCUT2D eigenvalue weighted by Gasteiger charge is 2.24. The van der Waals surface area contributed by atoms with Gasteiger partial charge in [0, 0.05) is 31.5 Å². The van der Waals surface area contributed by atoms with Crippen molar-refractivity contribution in [1.29, 1.82) is 0 Å². The second-order valence-electron chi connectivity index (χ2n) is 5.29. The molecule has 0 saturated carbocycles. The van der Waals surface area contributed by atoms with E-state index in [4.69, 9.17) is 9.72 Å². The van der Waals surface area contributed by atoms with Crippen molar-refractivity contribution in [3.05, 3.63) is 39.4 Å². The van der Waals surface area contributed by atoms with Crippen LogP contribution in [0.2, 0.25) is 0 Å². The smallest absolute Gasteiger partial charge is 0.269 e. The molecule has 0 bridgehead atoms. The minimum atomic E-state index is -0.101. The van der Waals surface area contributed by atoms with E-state index in [2.05, 4.69) is 32.7 Å². The number of hydrogen-bond acceptors (Lipinski definition) is 5. The van der Waals surface area contributed by atoms with E-state index in [0.717, 1.165) is 12.1 Å². The van der Waals surface area contributed by atoms with Gasteiger partial charge in [-0.25, -0.2) is 4.98 Å². The second kappa shape index (κ2) is 7.42. The number of morpholine rings is 1. The van der Waals surface area contributed by atoms with Gasteiger partial charge in [0.25, 0.3) is 5.56 Å². The Labute approximate surface area is 149 Å². The third-order valence-electron chi connectivity index (χ3n) is 3.79. The van der Waals surface area contributed by atoms with Crippen molar-refractivity contribution < 1.29 is 4.74 Å². The average molecular weight is 402 g/mol. The Morgan fingerprint density at radius 1 is 1.35 bits per heavy atom. The molecule has 3 rings (SSSR count). The first-order valence-electron chi connectivity index (χ1n) is 7.11. The summed E-state index contributed by atoms with van der Waals surface area (Å²) >= 11 is 3.38. The molecule has 0 unspecified atom stereocenters. The predicted octanol–water partition coefficient (Wildman–Crippen LogP) is 2.25. The number of aromatic nitrogens is 3. The predicted molar refractivity (Wildman–Crippen MR) is 95.3 cm³/mol. The largest absolute Gasteiger partial charge is 0.377 e. The van der Waals surface area contributed by atoms with Crippen LogP contribution in [-0.4, -0.2) is 40.3 Å². The van der Waals surface area contributed by atoms with E-state index >= 15 is 0 Å². The van der Waals surface area contributed by atoms with Gasteiger partial charge in [-0.2, -0.15) is 0 Å². The van der Waals surface area contributed by atoms with E-state index in [1.807, 2.05) is 12.1 Å². The van der Waals surface area contributed by atoms with Gasteiger partial charge < -0.3 is 9.64 Å². The first-order chi connectivity index (χ1) is 10.6. The normalized spacial score (nSPS) is 17.7. The van der Waals surface area contributed by atoms with Crippen LogP contribution < -0.4 is 10.5 Å².